The van der Waals surface area contributed by atoms with Crippen LogP contribution in [0.15, 0.2) is 18.9 Å². The Balaban J connectivity index is 2.15. The van der Waals surface area contributed by atoms with Gasteiger partial charge in [0.1, 0.15) is 11.5 Å². The molecule has 3 N–H and O–H groups in total. The SMILES string of the molecule is C=CCN(CC)C(=O)NC1(c2ncc(C(=O)O)[nH]2)CCC1. The van der Waals surface area contributed by atoms with Crippen molar-refractivity contribution in [3.8, 4) is 0 Å². The second kappa shape index (κ2) is 5.99. The number of urea groups is 1. The predicted octanol–water partition coefficient (Wildman–Crippen LogP) is 1.70. The van der Waals surface area contributed by atoms with Crippen LogP contribution in [-0.2, 0) is 5.54 Å². The van der Waals surface area contributed by atoms with Gasteiger partial charge < -0.3 is 20.3 Å². The number of nitrogens with zero attached hydrogens (tertiary/aromatic N) is 2. The molecule has 2 amide bonds. The molecule has 0 radical (unpaired) electrons. The maximum absolute atomic E-state index is 12.3. The van der Waals surface area contributed by atoms with E-state index in [2.05, 4.69) is 21.9 Å². The highest BCUT2D eigenvalue weighted by atomic mass is 16.4. The van der Waals surface area contributed by atoms with Crippen molar-refractivity contribution in [3.05, 3.63) is 30.4 Å². The third-order valence-corrected chi connectivity index (χ3v) is 3.83. The topological polar surface area (TPSA) is 98.3 Å². The molecule has 114 valence electrons. The molecule has 0 atom stereocenters. The Hall–Kier alpha value is -2.31. The summed E-state index contributed by atoms with van der Waals surface area (Å²) in [6.45, 7) is 6.58. The van der Waals surface area contributed by atoms with E-state index in [-0.39, 0.29) is 11.7 Å². The molecular formula is C14H20N4O3. The van der Waals surface area contributed by atoms with E-state index in [9.17, 15) is 9.59 Å². The summed E-state index contributed by atoms with van der Waals surface area (Å²) in [5.74, 6) is -0.550. The standard InChI is InChI=1S/C14H20N4O3/c1-3-8-18(4-2)13(21)17-14(6-5-7-14)12-15-9-10(16-12)11(19)20/h3,9H,1,4-8H2,2H3,(H,15,16)(H,17,21)(H,19,20). The van der Waals surface area contributed by atoms with Crippen LogP contribution in [0.1, 0.15) is 42.5 Å². The van der Waals surface area contributed by atoms with Crippen molar-refractivity contribution >= 4 is 12.0 Å². The number of aromatic nitrogens is 2. The van der Waals surface area contributed by atoms with E-state index in [1.54, 1.807) is 11.0 Å². The minimum absolute atomic E-state index is 0.0314. The van der Waals surface area contributed by atoms with Crippen molar-refractivity contribution in [1.29, 1.82) is 0 Å². The molecule has 1 heterocycles. The number of hydrogen-bond acceptors (Lipinski definition) is 3. The Morgan fingerprint density at radius 2 is 2.33 bits per heavy atom. The molecule has 7 nitrogen and oxygen atoms in total. The molecule has 1 aromatic rings. The number of carbonyl (C=O) groups excluding carboxylic acids is 1. The highest BCUT2D eigenvalue weighted by Crippen LogP contribution is 2.39. The van der Waals surface area contributed by atoms with Crippen LogP contribution in [0, 0.1) is 0 Å². The maximum atomic E-state index is 12.3. The zero-order valence-corrected chi connectivity index (χ0v) is 12.1. The number of aromatic amines is 1. The van der Waals surface area contributed by atoms with Gasteiger partial charge >= 0.3 is 12.0 Å². The molecule has 0 bridgehead atoms. The van der Waals surface area contributed by atoms with Crippen LogP contribution in [-0.4, -0.2) is 45.1 Å². The van der Waals surface area contributed by atoms with Crippen molar-refractivity contribution in [2.75, 3.05) is 13.1 Å². The molecular weight excluding hydrogens is 272 g/mol. The van der Waals surface area contributed by atoms with E-state index in [0.717, 1.165) is 19.3 Å². The fraction of sp³-hybridized carbons (Fsp3) is 0.500. The summed E-state index contributed by atoms with van der Waals surface area (Å²) in [5.41, 5.74) is -0.553. The number of carboxylic acids is 1. The van der Waals surface area contributed by atoms with Crippen molar-refractivity contribution in [2.24, 2.45) is 0 Å². The Labute approximate surface area is 123 Å². The summed E-state index contributed by atoms with van der Waals surface area (Å²) in [5, 5.41) is 11.9. The molecule has 0 aliphatic heterocycles. The molecule has 1 aromatic heterocycles. The van der Waals surface area contributed by atoms with Crippen LogP contribution in [0.4, 0.5) is 4.79 Å². The molecule has 0 spiro atoms. The molecule has 1 aliphatic carbocycles. The van der Waals surface area contributed by atoms with E-state index in [1.807, 2.05) is 6.92 Å². The highest BCUT2D eigenvalue weighted by Gasteiger charge is 2.43. The van der Waals surface area contributed by atoms with Crippen molar-refractivity contribution < 1.29 is 14.7 Å². The first-order chi connectivity index (χ1) is 10.0. The lowest BCUT2D eigenvalue weighted by molar-refractivity contribution is 0.0690. The number of hydrogen-bond donors (Lipinski definition) is 3. The first kappa shape index (κ1) is 15.1. The fourth-order valence-electron chi connectivity index (χ4n) is 2.42. The minimum atomic E-state index is -1.06. The van der Waals surface area contributed by atoms with E-state index < -0.39 is 11.5 Å². The lowest BCUT2D eigenvalue weighted by Crippen LogP contribution is -2.55. The number of likely N-dealkylation sites (N-methyl/N-ethyl adjacent to an activating group) is 1. The van der Waals surface area contributed by atoms with Crippen molar-refractivity contribution in [3.63, 3.8) is 0 Å². The molecule has 1 aliphatic rings. The molecule has 1 fully saturated rings. The number of rotatable bonds is 6. The molecule has 21 heavy (non-hydrogen) atoms. The monoisotopic (exact) mass is 292 g/mol. The largest absolute Gasteiger partial charge is 0.477 e. The van der Waals surface area contributed by atoms with Crippen LogP contribution in [0.5, 0.6) is 0 Å². The third-order valence-electron chi connectivity index (χ3n) is 3.83. The second-order valence-corrected chi connectivity index (χ2v) is 5.14. The van der Waals surface area contributed by atoms with Crippen LogP contribution in [0.3, 0.4) is 0 Å². The highest BCUT2D eigenvalue weighted by molar-refractivity contribution is 5.85. The van der Waals surface area contributed by atoms with E-state index in [4.69, 9.17) is 5.11 Å². The van der Waals surface area contributed by atoms with Gasteiger partial charge in [-0.2, -0.15) is 0 Å². The van der Waals surface area contributed by atoms with Crippen molar-refractivity contribution in [2.45, 2.75) is 31.7 Å². The number of aromatic carboxylic acids is 1. The van der Waals surface area contributed by atoms with Crippen LogP contribution in [0.2, 0.25) is 0 Å². The zero-order chi connectivity index (χ0) is 15.5. The summed E-state index contributed by atoms with van der Waals surface area (Å²) in [6.07, 6.45) is 5.42. The van der Waals surface area contributed by atoms with Gasteiger partial charge in [-0.1, -0.05) is 6.08 Å². The smallest absolute Gasteiger partial charge is 0.353 e. The summed E-state index contributed by atoms with van der Waals surface area (Å²) in [4.78, 5) is 31.8. The minimum Gasteiger partial charge on any atom is -0.477 e. The molecule has 0 saturated heterocycles. The molecule has 0 unspecified atom stereocenters. The van der Waals surface area contributed by atoms with Crippen LogP contribution in [0.25, 0.3) is 0 Å². The van der Waals surface area contributed by atoms with E-state index in [0.29, 0.717) is 18.9 Å². The Morgan fingerprint density at radius 1 is 1.62 bits per heavy atom. The first-order valence-electron chi connectivity index (χ1n) is 6.99. The van der Waals surface area contributed by atoms with Crippen LogP contribution < -0.4 is 5.32 Å². The van der Waals surface area contributed by atoms with Gasteiger partial charge in [-0.05, 0) is 26.2 Å². The predicted molar refractivity (Wildman–Crippen MR) is 77.1 cm³/mol. The Kier molecular flexibility index (Phi) is 4.30. The van der Waals surface area contributed by atoms with E-state index in [1.165, 1.54) is 6.20 Å². The van der Waals surface area contributed by atoms with Gasteiger partial charge in [0.2, 0.25) is 0 Å². The summed E-state index contributed by atoms with van der Waals surface area (Å²) in [6, 6.07) is -0.189. The number of H-pyrrole nitrogens is 1. The molecule has 7 heteroatoms. The molecule has 0 aromatic carbocycles. The van der Waals surface area contributed by atoms with Gasteiger partial charge in [0.05, 0.1) is 11.7 Å². The van der Waals surface area contributed by atoms with Gasteiger partial charge in [0.15, 0.2) is 0 Å². The quantitative estimate of drug-likeness (QED) is 0.695. The van der Waals surface area contributed by atoms with Gasteiger partial charge in [0, 0.05) is 13.1 Å². The fourth-order valence-corrected chi connectivity index (χ4v) is 2.42. The van der Waals surface area contributed by atoms with E-state index >= 15 is 0 Å². The molecule has 2 rings (SSSR count). The number of carbonyl (C=O) groups is 2. The van der Waals surface area contributed by atoms with Gasteiger partial charge in [-0.3, -0.25) is 0 Å². The summed E-state index contributed by atoms with van der Waals surface area (Å²) in [7, 11) is 0. The molecule has 1 saturated carbocycles. The zero-order valence-electron chi connectivity index (χ0n) is 12.1. The van der Waals surface area contributed by atoms with Gasteiger partial charge in [-0.25, -0.2) is 14.6 Å². The summed E-state index contributed by atoms with van der Waals surface area (Å²) < 4.78 is 0. The number of amides is 2. The van der Waals surface area contributed by atoms with Gasteiger partial charge in [0.25, 0.3) is 0 Å². The third kappa shape index (κ3) is 2.91. The Bertz CT molecular complexity index is 548. The summed E-state index contributed by atoms with van der Waals surface area (Å²) >= 11 is 0. The lowest BCUT2D eigenvalue weighted by atomic mass is 9.76. The average Bonchev–Trinajstić information content (AvgIpc) is 2.90. The average molecular weight is 292 g/mol. The van der Waals surface area contributed by atoms with Gasteiger partial charge in [-0.15, -0.1) is 6.58 Å². The number of nitrogens with one attached hydrogen (secondary N) is 2. The lowest BCUT2D eigenvalue weighted by Gasteiger charge is -2.41. The van der Waals surface area contributed by atoms with Crippen LogP contribution >= 0.6 is 0 Å². The Morgan fingerprint density at radius 3 is 2.76 bits per heavy atom. The first-order valence-corrected chi connectivity index (χ1v) is 6.99. The maximum Gasteiger partial charge on any atom is 0.353 e. The number of imidazole rings is 1. The number of carboxylic acid groups (broad SMARTS) is 1. The second-order valence-electron chi connectivity index (χ2n) is 5.14. The normalized spacial score (nSPS) is 15.9. The van der Waals surface area contributed by atoms with Crippen molar-refractivity contribution in [1.82, 2.24) is 20.2 Å².